The first kappa shape index (κ1) is 12.8. The van der Waals surface area contributed by atoms with E-state index in [1.54, 1.807) is 0 Å². The number of nitrogens with one attached hydrogen (secondary N) is 2. The Labute approximate surface area is 123 Å². The predicted molar refractivity (Wildman–Crippen MR) is 81.9 cm³/mol. The molecule has 2 atom stereocenters. The first-order chi connectivity index (χ1) is 9.76. The highest BCUT2D eigenvalue weighted by molar-refractivity contribution is 6.31. The van der Waals surface area contributed by atoms with Crippen molar-refractivity contribution in [2.24, 2.45) is 0 Å². The molecule has 0 aliphatic carbocycles. The summed E-state index contributed by atoms with van der Waals surface area (Å²) in [6, 6.07) is 18.0. The van der Waals surface area contributed by atoms with Crippen molar-refractivity contribution < 1.29 is 0 Å². The molecule has 2 aromatic rings. The second-order valence-corrected chi connectivity index (χ2v) is 5.30. The van der Waals surface area contributed by atoms with Crippen LogP contribution in [0.5, 0.6) is 0 Å². The highest BCUT2D eigenvalue weighted by Gasteiger charge is 2.23. The largest absolute Gasteiger partial charge is 0.376 e. The molecule has 0 amide bonds. The van der Waals surface area contributed by atoms with Crippen molar-refractivity contribution >= 4 is 23.0 Å². The van der Waals surface area contributed by atoms with Crippen LogP contribution < -0.4 is 10.6 Å². The summed E-state index contributed by atoms with van der Waals surface area (Å²) < 4.78 is 0. The zero-order chi connectivity index (χ0) is 13.9. The molecule has 0 saturated heterocycles. The molecule has 1 heterocycles. The molecule has 1 aliphatic rings. The van der Waals surface area contributed by atoms with Crippen LogP contribution in [0.1, 0.15) is 18.0 Å². The Balaban J connectivity index is 2.00. The second-order valence-electron chi connectivity index (χ2n) is 4.86. The molecule has 0 radical (unpaired) electrons. The molecular formula is C16H14ClN3. The zero-order valence-corrected chi connectivity index (χ0v) is 11.6. The van der Waals surface area contributed by atoms with E-state index >= 15 is 0 Å². The summed E-state index contributed by atoms with van der Waals surface area (Å²) in [5.74, 6) is 0. The summed E-state index contributed by atoms with van der Waals surface area (Å²) in [7, 11) is 0. The highest BCUT2D eigenvalue weighted by atomic mass is 35.5. The van der Waals surface area contributed by atoms with Crippen LogP contribution >= 0.6 is 11.6 Å². The van der Waals surface area contributed by atoms with Gasteiger partial charge in [-0.2, -0.15) is 5.26 Å². The van der Waals surface area contributed by atoms with Crippen molar-refractivity contribution in [1.29, 1.82) is 5.26 Å². The van der Waals surface area contributed by atoms with Crippen LogP contribution in [0.2, 0.25) is 5.02 Å². The van der Waals surface area contributed by atoms with Gasteiger partial charge in [0.15, 0.2) is 0 Å². The van der Waals surface area contributed by atoms with E-state index in [4.69, 9.17) is 11.6 Å². The predicted octanol–water partition coefficient (Wildman–Crippen LogP) is 4.20. The lowest BCUT2D eigenvalue weighted by atomic mass is 10.0. The fraction of sp³-hybridized carbons (Fsp3) is 0.188. The number of fused-ring (bicyclic) bond motifs is 1. The van der Waals surface area contributed by atoms with E-state index in [1.165, 1.54) is 5.56 Å². The van der Waals surface area contributed by atoms with Gasteiger partial charge in [0.2, 0.25) is 0 Å². The Morgan fingerprint density at radius 1 is 1.05 bits per heavy atom. The zero-order valence-electron chi connectivity index (χ0n) is 10.8. The molecule has 0 unspecified atom stereocenters. The summed E-state index contributed by atoms with van der Waals surface area (Å²) in [6.45, 7) is 0. The topological polar surface area (TPSA) is 47.9 Å². The van der Waals surface area contributed by atoms with E-state index in [2.05, 4.69) is 28.8 Å². The second kappa shape index (κ2) is 5.44. The van der Waals surface area contributed by atoms with Crippen LogP contribution in [-0.4, -0.2) is 6.04 Å². The number of rotatable bonds is 1. The van der Waals surface area contributed by atoms with Crippen LogP contribution in [-0.2, 0) is 0 Å². The quantitative estimate of drug-likeness (QED) is 0.824. The molecule has 2 N–H and O–H groups in total. The highest BCUT2D eigenvalue weighted by Crippen LogP contribution is 2.35. The van der Waals surface area contributed by atoms with Gasteiger partial charge in [0.1, 0.15) is 6.04 Å². The molecule has 4 heteroatoms. The molecular weight excluding hydrogens is 270 g/mol. The number of hydrogen-bond donors (Lipinski definition) is 2. The van der Waals surface area contributed by atoms with E-state index in [9.17, 15) is 5.26 Å². The number of nitrogens with zero attached hydrogens (tertiary/aromatic N) is 1. The van der Waals surface area contributed by atoms with Crippen molar-refractivity contribution in [2.75, 3.05) is 10.6 Å². The van der Waals surface area contributed by atoms with Gasteiger partial charge in [-0.3, -0.25) is 0 Å². The molecule has 100 valence electrons. The average Bonchev–Trinajstić information content (AvgIpc) is 2.67. The summed E-state index contributed by atoms with van der Waals surface area (Å²) >= 11 is 6.06. The van der Waals surface area contributed by atoms with E-state index in [1.807, 2.05) is 36.4 Å². The molecule has 2 aromatic carbocycles. The van der Waals surface area contributed by atoms with Crippen molar-refractivity contribution in [2.45, 2.75) is 18.5 Å². The number of nitriles is 1. The Morgan fingerprint density at radius 2 is 1.85 bits per heavy atom. The number of hydrogen-bond acceptors (Lipinski definition) is 3. The Hall–Kier alpha value is -2.18. The number of anilines is 2. The maximum atomic E-state index is 9.29. The monoisotopic (exact) mass is 283 g/mol. The van der Waals surface area contributed by atoms with Crippen LogP contribution in [0.25, 0.3) is 0 Å². The van der Waals surface area contributed by atoms with Gasteiger partial charge in [0.25, 0.3) is 0 Å². The Morgan fingerprint density at radius 3 is 2.60 bits per heavy atom. The molecule has 0 aromatic heterocycles. The van der Waals surface area contributed by atoms with Gasteiger partial charge < -0.3 is 10.6 Å². The SMILES string of the molecule is N#C[C@H]1C[C@@H](c2ccccc2)Nc2cc(Cl)ccc2N1. The summed E-state index contributed by atoms with van der Waals surface area (Å²) in [6.07, 6.45) is 0.701. The molecule has 3 nitrogen and oxygen atoms in total. The molecule has 3 rings (SSSR count). The van der Waals surface area contributed by atoms with E-state index < -0.39 is 0 Å². The lowest BCUT2D eigenvalue weighted by molar-refractivity contribution is 0.675. The third-order valence-corrected chi connectivity index (χ3v) is 3.71. The molecule has 0 saturated carbocycles. The Kier molecular flexibility index (Phi) is 3.49. The van der Waals surface area contributed by atoms with Crippen LogP contribution in [0.4, 0.5) is 11.4 Å². The standard InChI is InChI=1S/C16H14ClN3/c17-12-6-7-14-16(8-12)20-15(9-13(10-18)19-14)11-4-2-1-3-5-11/h1-8,13,15,19-20H,9H2/t13-,15+/m1/s1. The van der Waals surface area contributed by atoms with Gasteiger partial charge in [-0.1, -0.05) is 41.9 Å². The first-order valence-electron chi connectivity index (χ1n) is 6.53. The van der Waals surface area contributed by atoms with Gasteiger partial charge in [0, 0.05) is 11.4 Å². The normalized spacial score (nSPS) is 20.8. The third-order valence-electron chi connectivity index (χ3n) is 3.47. The fourth-order valence-corrected chi connectivity index (χ4v) is 2.65. The van der Waals surface area contributed by atoms with Gasteiger partial charge in [0.05, 0.1) is 23.5 Å². The lowest BCUT2D eigenvalue weighted by Crippen LogP contribution is -2.19. The van der Waals surface area contributed by atoms with Crippen molar-refractivity contribution in [3.63, 3.8) is 0 Å². The van der Waals surface area contributed by atoms with Crippen LogP contribution in [0.3, 0.4) is 0 Å². The van der Waals surface area contributed by atoms with Crippen molar-refractivity contribution in [3.8, 4) is 6.07 Å². The minimum atomic E-state index is -0.227. The summed E-state index contributed by atoms with van der Waals surface area (Å²) in [5.41, 5.74) is 3.02. The fourth-order valence-electron chi connectivity index (χ4n) is 2.48. The molecule has 0 fully saturated rings. The van der Waals surface area contributed by atoms with Crippen LogP contribution in [0, 0.1) is 11.3 Å². The average molecular weight is 284 g/mol. The number of halogens is 1. The minimum absolute atomic E-state index is 0.0908. The Bertz CT molecular complexity index is 649. The van der Waals surface area contributed by atoms with Gasteiger partial charge in [-0.25, -0.2) is 0 Å². The van der Waals surface area contributed by atoms with Gasteiger partial charge in [-0.05, 0) is 23.8 Å². The lowest BCUT2D eigenvalue weighted by Gasteiger charge is -2.18. The van der Waals surface area contributed by atoms with E-state index in [-0.39, 0.29) is 12.1 Å². The minimum Gasteiger partial charge on any atom is -0.376 e. The maximum Gasteiger partial charge on any atom is 0.116 e. The molecule has 0 spiro atoms. The molecule has 20 heavy (non-hydrogen) atoms. The van der Waals surface area contributed by atoms with Crippen molar-refractivity contribution in [3.05, 3.63) is 59.1 Å². The van der Waals surface area contributed by atoms with Crippen LogP contribution in [0.15, 0.2) is 48.5 Å². The number of benzene rings is 2. The van der Waals surface area contributed by atoms with E-state index in [0.29, 0.717) is 11.4 Å². The first-order valence-corrected chi connectivity index (χ1v) is 6.91. The van der Waals surface area contributed by atoms with Gasteiger partial charge >= 0.3 is 0 Å². The summed E-state index contributed by atoms with van der Waals surface area (Å²) in [5, 5.41) is 16.7. The smallest absolute Gasteiger partial charge is 0.116 e. The third kappa shape index (κ3) is 2.56. The molecule has 0 bridgehead atoms. The molecule has 1 aliphatic heterocycles. The maximum absolute atomic E-state index is 9.29. The van der Waals surface area contributed by atoms with Crippen molar-refractivity contribution in [1.82, 2.24) is 0 Å². The van der Waals surface area contributed by atoms with Gasteiger partial charge in [-0.15, -0.1) is 0 Å². The van der Waals surface area contributed by atoms with E-state index in [0.717, 1.165) is 11.4 Å². The summed E-state index contributed by atoms with van der Waals surface area (Å²) in [4.78, 5) is 0.